The van der Waals surface area contributed by atoms with Gasteiger partial charge in [0.05, 0.1) is 10.6 Å². The molecule has 1 heterocycles. The zero-order chi connectivity index (χ0) is 18.6. The van der Waals surface area contributed by atoms with Gasteiger partial charge in [-0.15, -0.1) is 6.58 Å². The van der Waals surface area contributed by atoms with Crippen molar-refractivity contribution in [2.45, 2.75) is 13.5 Å². The van der Waals surface area contributed by atoms with Gasteiger partial charge in [0.15, 0.2) is 6.61 Å². The number of nitrogens with zero attached hydrogens (tertiary/aromatic N) is 2. The van der Waals surface area contributed by atoms with Crippen LogP contribution < -0.4 is 10.3 Å². The second kappa shape index (κ2) is 7.69. The summed E-state index contributed by atoms with van der Waals surface area (Å²) in [5.41, 5.74) is -0.912. The lowest BCUT2D eigenvalue weighted by Gasteiger charge is -2.15. The van der Waals surface area contributed by atoms with Crippen molar-refractivity contribution in [2.24, 2.45) is 0 Å². The topological polar surface area (TPSA) is 92.3 Å². The van der Waals surface area contributed by atoms with Gasteiger partial charge >= 0.3 is 0 Å². The number of ketones is 1. The molecular formula is C18H15ClN2O4. The van der Waals surface area contributed by atoms with E-state index in [4.69, 9.17) is 16.3 Å². The number of Topliss-reactive ketones (excluding diaryl/α,β-unsaturated/α-hetero) is 1. The van der Waals surface area contributed by atoms with E-state index in [0.717, 1.165) is 4.57 Å². The van der Waals surface area contributed by atoms with Crippen molar-refractivity contribution >= 4 is 17.4 Å². The molecule has 2 aromatic rings. The number of carbonyl (C=O) groups is 1. The first kappa shape index (κ1) is 18.3. The molecular weight excluding hydrogens is 344 g/mol. The van der Waals surface area contributed by atoms with Gasteiger partial charge < -0.3 is 9.84 Å². The van der Waals surface area contributed by atoms with Crippen LogP contribution in [-0.2, 0) is 6.54 Å². The van der Waals surface area contributed by atoms with E-state index in [-0.39, 0.29) is 23.2 Å². The van der Waals surface area contributed by atoms with Gasteiger partial charge in [0, 0.05) is 6.54 Å². The van der Waals surface area contributed by atoms with Crippen molar-refractivity contribution < 1.29 is 14.6 Å². The van der Waals surface area contributed by atoms with Crippen LogP contribution in [-0.4, -0.2) is 22.1 Å². The molecule has 0 aliphatic rings. The zero-order valence-electron chi connectivity index (χ0n) is 13.5. The fourth-order valence-corrected chi connectivity index (χ4v) is 2.55. The molecule has 128 valence electrons. The second-order valence-corrected chi connectivity index (χ2v) is 5.56. The second-order valence-electron chi connectivity index (χ2n) is 5.16. The predicted octanol–water partition coefficient (Wildman–Crippen LogP) is 2.84. The lowest BCUT2D eigenvalue weighted by molar-refractivity contribution is 0.0916. The molecule has 7 heteroatoms. The summed E-state index contributed by atoms with van der Waals surface area (Å²) in [6.45, 7) is 4.49. The smallest absolute Gasteiger partial charge is 0.271 e. The summed E-state index contributed by atoms with van der Waals surface area (Å²) in [4.78, 5) is 24.7. The van der Waals surface area contributed by atoms with Crippen LogP contribution in [0.5, 0.6) is 11.6 Å². The minimum Gasteiger partial charge on any atom is -0.494 e. The minimum absolute atomic E-state index is 0.0364. The number of aromatic hydroxyl groups is 1. The van der Waals surface area contributed by atoms with E-state index >= 15 is 0 Å². The van der Waals surface area contributed by atoms with E-state index < -0.39 is 23.8 Å². The normalized spacial score (nSPS) is 10.1. The molecule has 0 atom stereocenters. The Morgan fingerprint density at radius 3 is 2.76 bits per heavy atom. The summed E-state index contributed by atoms with van der Waals surface area (Å²) in [7, 11) is 0. The first-order valence-electron chi connectivity index (χ1n) is 7.30. The summed E-state index contributed by atoms with van der Waals surface area (Å²) in [6, 6.07) is 8.41. The van der Waals surface area contributed by atoms with Crippen LogP contribution in [0.15, 0.2) is 41.7 Å². The maximum absolute atomic E-state index is 12.5. The van der Waals surface area contributed by atoms with Gasteiger partial charge in [-0.3, -0.25) is 14.2 Å². The highest BCUT2D eigenvalue weighted by atomic mass is 35.5. The van der Waals surface area contributed by atoms with Gasteiger partial charge in [0.25, 0.3) is 5.56 Å². The first-order chi connectivity index (χ1) is 11.9. The van der Waals surface area contributed by atoms with Crippen molar-refractivity contribution in [3.8, 4) is 17.7 Å². The lowest BCUT2D eigenvalue weighted by Crippen LogP contribution is -2.27. The average molecular weight is 359 g/mol. The van der Waals surface area contributed by atoms with E-state index in [1.165, 1.54) is 13.0 Å². The van der Waals surface area contributed by atoms with Crippen LogP contribution in [0.4, 0.5) is 0 Å². The predicted molar refractivity (Wildman–Crippen MR) is 93.3 cm³/mol. The molecule has 0 radical (unpaired) electrons. The fraction of sp³-hybridized carbons (Fsp3) is 0.167. The van der Waals surface area contributed by atoms with Crippen LogP contribution >= 0.6 is 11.6 Å². The summed E-state index contributed by atoms with van der Waals surface area (Å²) >= 11 is 5.97. The highest BCUT2D eigenvalue weighted by Gasteiger charge is 2.24. The van der Waals surface area contributed by atoms with Gasteiger partial charge in [-0.25, -0.2) is 0 Å². The highest BCUT2D eigenvalue weighted by molar-refractivity contribution is 6.32. The Kier molecular flexibility index (Phi) is 5.63. The number of allylic oxidation sites excluding steroid dienone is 1. The van der Waals surface area contributed by atoms with Crippen LogP contribution in [0.2, 0.25) is 5.02 Å². The Bertz CT molecular complexity index is 941. The zero-order valence-corrected chi connectivity index (χ0v) is 14.2. The standard InChI is InChI=1S/C18H15ClN2O4/c1-3-8-21-17(23)12(9-20)11(2)16(18(21)24)14(22)10-25-15-7-5-4-6-13(15)19/h3-7,24H,1,8,10H2,2H3. The van der Waals surface area contributed by atoms with Gasteiger partial charge in [-0.1, -0.05) is 29.8 Å². The molecule has 25 heavy (non-hydrogen) atoms. The number of halogens is 1. The number of carbonyl (C=O) groups excluding carboxylic acids is 1. The van der Waals surface area contributed by atoms with Crippen LogP contribution in [0.3, 0.4) is 0 Å². The Balaban J connectivity index is 2.44. The number of pyridine rings is 1. The summed E-state index contributed by atoms with van der Waals surface area (Å²) in [5, 5.41) is 19.9. The molecule has 0 saturated carbocycles. The Morgan fingerprint density at radius 2 is 2.16 bits per heavy atom. The number of aromatic nitrogens is 1. The fourth-order valence-electron chi connectivity index (χ4n) is 2.36. The van der Waals surface area contributed by atoms with E-state index in [2.05, 4.69) is 6.58 Å². The third kappa shape index (κ3) is 3.57. The summed E-state index contributed by atoms with van der Waals surface area (Å²) in [5.74, 6) is -0.784. The van der Waals surface area contributed by atoms with Crippen molar-refractivity contribution in [1.29, 1.82) is 5.26 Å². The SMILES string of the molecule is C=CCn1c(O)c(C(=O)COc2ccccc2Cl)c(C)c(C#N)c1=O. The Labute approximate surface area is 149 Å². The Hall–Kier alpha value is -3.04. The van der Waals surface area contributed by atoms with Gasteiger partial charge in [-0.2, -0.15) is 5.26 Å². The van der Waals surface area contributed by atoms with E-state index in [1.807, 2.05) is 0 Å². The van der Waals surface area contributed by atoms with Gasteiger partial charge in [-0.05, 0) is 24.6 Å². The number of hydrogen-bond acceptors (Lipinski definition) is 5. The molecule has 1 aromatic carbocycles. The molecule has 0 aliphatic heterocycles. The number of nitriles is 1. The molecule has 0 saturated heterocycles. The highest BCUT2D eigenvalue weighted by Crippen LogP contribution is 2.25. The molecule has 0 spiro atoms. The van der Waals surface area contributed by atoms with Crippen molar-refractivity contribution in [1.82, 2.24) is 4.57 Å². The number of ether oxygens (including phenoxy) is 1. The summed E-state index contributed by atoms with van der Waals surface area (Å²) < 4.78 is 6.30. The van der Waals surface area contributed by atoms with Gasteiger partial charge in [0.1, 0.15) is 17.4 Å². The molecule has 0 fully saturated rings. The molecule has 0 unspecified atom stereocenters. The number of hydrogen-bond donors (Lipinski definition) is 1. The lowest BCUT2D eigenvalue weighted by atomic mass is 10.0. The van der Waals surface area contributed by atoms with Gasteiger partial charge in [0.2, 0.25) is 11.7 Å². The summed E-state index contributed by atoms with van der Waals surface area (Å²) in [6.07, 6.45) is 1.38. The maximum atomic E-state index is 12.5. The molecule has 0 aliphatic carbocycles. The third-order valence-electron chi connectivity index (χ3n) is 3.59. The minimum atomic E-state index is -0.680. The quantitative estimate of drug-likeness (QED) is 0.633. The van der Waals surface area contributed by atoms with Crippen LogP contribution in [0.25, 0.3) is 0 Å². The molecule has 6 nitrogen and oxygen atoms in total. The first-order valence-corrected chi connectivity index (χ1v) is 7.68. The molecule has 1 aromatic heterocycles. The maximum Gasteiger partial charge on any atom is 0.271 e. The van der Waals surface area contributed by atoms with Crippen molar-refractivity contribution in [3.63, 3.8) is 0 Å². The van der Waals surface area contributed by atoms with Crippen LogP contribution in [0.1, 0.15) is 21.5 Å². The molecule has 0 amide bonds. The number of para-hydroxylation sites is 1. The van der Waals surface area contributed by atoms with E-state index in [9.17, 15) is 20.0 Å². The molecule has 0 bridgehead atoms. The molecule has 1 N–H and O–H groups in total. The molecule has 2 rings (SSSR count). The third-order valence-corrected chi connectivity index (χ3v) is 3.90. The van der Waals surface area contributed by atoms with Crippen molar-refractivity contribution in [2.75, 3.05) is 6.61 Å². The number of benzene rings is 1. The largest absolute Gasteiger partial charge is 0.494 e. The van der Waals surface area contributed by atoms with Crippen LogP contribution in [0, 0.1) is 18.3 Å². The van der Waals surface area contributed by atoms with E-state index in [0.29, 0.717) is 10.8 Å². The monoisotopic (exact) mass is 358 g/mol. The number of rotatable bonds is 6. The Morgan fingerprint density at radius 1 is 1.48 bits per heavy atom. The van der Waals surface area contributed by atoms with E-state index in [1.54, 1.807) is 30.3 Å². The average Bonchev–Trinajstić information content (AvgIpc) is 2.58. The van der Waals surface area contributed by atoms with Crippen molar-refractivity contribution in [3.05, 3.63) is 69.0 Å².